The largest absolute Gasteiger partial charge is 0.324 e. The van der Waals surface area contributed by atoms with Crippen LogP contribution in [0.4, 0.5) is 10.5 Å². The number of hydrogen-bond acceptors (Lipinski definition) is 5. The van der Waals surface area contributed by atoms with Gasteiger partial charge in [-0.2, -0.15) is 0 Å². The molecule has 3 atom stereocenters. The third-order valence-electron chi connectivity index (χ3n) is 6.57. The number of amides is 3. The zero-order chi connectivity index (χ0) is 21.3. The highest BCUT2D eigenvalue weighted by atomic mass is 35.5. The highest BCUT2D eigenvalue weighted by molar-refractivity contribution is 8.16. The van der Waals surface area contributed by atoms with Gasteiger partial charge in [0.15, 0.2) is 5.54 Å². The number of nitrogens with zero attached hydrogens (tertiary/aromatic N) is 2. The molecule has 0 aromatic heterocycles. The summed E-state index contributed by atoms with van der Waals surface area (Å²) >= 11 is 7.09. The van der Waals surface area contributed by atoms with E-state index in [1.165, 1.54) is 4.90 Å². The van der Waals surface area contributed by atoms with Gasteiger partial charge in [-0.15, -0.1) is 0 Å². The Morgan fingerprint density at radius 3 is 2.50 bits per heavy atom. The Morgan fingerprint density at radius 1 is 1.13 bits per heavy atom. The van der Waals surface area contributed by atoms with Crippen LogP contribution in [0.3, 0.4) is 0 Å². The van der Waals surface area contributed by atoms with Crippen molar-refractivity contribution in [3.8, 4) is 0 Å². The van der Waals surface area contributed by atoms with Gasteiger partial charge in [0, 0.05) is 35.3 Å². The Hall–Kier alpha value is -2.35. The molecule has 2 spiro atoms. The van der Waals surface area contributed by atoms with Gasteiger partial charge < -0.3 is 5.32 Å². The number of imide groups is 1. The first kappa shape index (κ1) is 19.6. The molecule has 0 bridgehead atoms. The number of fused-ring (bicyclic) bond motifs is 3. The molecule has 3 heterocycles. The van der Waals surface area contributed by atoms with Gasteiger partial charge in [0.25, 0.3) is 11.1 Å². The maximum atomic E-state index is 13.9. The fourth-order valence-corrected chi connectivity index (χ4v) is 7.12. The van der Waals surface area contributed by atoms with Crippen molar-refractivity contribution in [3.63, 3.8) is 0 Å². The lowest BCUT2D eigenvalue weighted by molar-refractivity contribution is -0.138. The number of likely N-dealkylation sites (N-methyl/N-ethyl adjacent to an activating group) is 1. The molecular weight excluding hydrogens is 422 g/mol. The Labute approximate surface area is 183 Å². The molecule has 3 aliphatic heterocycles. The Kier molecular flexibility index (Phi) is 4.29. The molecule has 0 unspecified atom stereocenters. The zero-order valence-corrected chi connectivity index (χ0v) is 18.1. The van der Waals surface area contributed by atoms with Gasteiger partial charge >= 0.3 is 0 Å². The van der Waals surface area contributed by atoms with Gasteiger partial charge in [-0.05, 0) is 49.5 Å². The average molecular weight is 442 g/mol. The Bertz CT molecular complexity index is 1090. The Morgan fingerprint density at radius 2 is 1.83 bits per heavy atom. The lowest BCUT2D eigenvalue weighted by atomic mass is 9.72. The summed E-state index contributed by atoms with van der Waals surface area (Å²) in [6, 6.07) is 14.8. The molecule has 2 aromatic carbocycles. The molecule has 1 N–H and O–H groups in total. The van der Waals surface area contributed by atoms with Crippen molar-refractivity contribution in [1.29, 1.82) is 0 Å². The van der Waals surface area contributed by atoms with E-state index in [4.69, 9.17) is 11.6 Å². The van der Waals surface area contributed by atoms with E-state index in [-0.39, 0.29) is 29.5 Å². The lowest BCUT2D eigenvalue weighted by Crippen LogP contribution is -2.61. The first-order valence-corrected chi connectivity index (χ1v) is 11.0. The molecular formula is C22H20ClN3O3S. The first-order chi connectivity index (χ1) is 14.4. The molecule has 8 heteroatoms. The number of rotatable bonds is 2. The number of halogens is 1. The molecule has 2 aromatic rings. The summed E-state index contributed by atoms with van der Waals surface area (Å²) in [7, 11) is 1.85. The fraction of sp³-hybridized carbons (Fsp3) is 0.318. The van der Waals surface area contributed by atoms with E-state index in [1.54, 1.807) is 19.1 Å². The van der Waals surface area contributed by atoms with E-state index in [2.05, 4.69) is 5.32 Å². The van der Waals surface area contributed by atoms with Crippen LogP contribution in [-0.2, 0) is 15.1 Å². The van der Waals surface area contributed by atoms with Crippen molar-refractivity contribution in [2.75, 3.05) is 25.5 Å². The number of likely N-dealkylation sites (tertiary alicyclic amines) is 1. The van der Waals surface area contributed by atoms with Gasteiger partial charge in [-0.25, -0.2) is 0 Å². The second-order valence-corrected chi connectivity index (χ2v) is 9.48. The SMILES string of the molecule is CCN1C(=O)S[C@@]2(C1=O)[C@@H](c1ccc(Cl)cc1)CN(C)[C@@]21C(=O)Nc2ccccc21. The molecule has 0 aliphatic carbocycles. The maximum Gasteiger partial charge on any atom is 0.289 e. The number of nitrogens with one attached hydrogen (secondary N) is 1. The predicted molar refractivity (Wildman–Crippen MR) is 117 cm³/mol. The second kappa shape index (κ2) is 6.57. The normalized spacial score (nSPS) is 30.6. The number of carbonyl (C=O) groups excluding carboxylic acids is 3. The van der Waals surface area contributed by atoms with Crippen LogP contribution in [0.5, 0.6) is 0 Å². The van der Waals surface area contributed by atoms with Crippen LogP contribution < -0.4 is 5.32 Å². The number of benzene rings is 2. The maximum absolute atomic E-state index is 13.9. The summed E-state index contributed by atoms with van der Waals surface area (Å²) in [5, 5.41) is 3.24. The van der Waals surface area contributed by atoms with E-state index >= 15 is 0 Å². The predicted octanol–water partition coefficient (Wildman–Crippen LogP) is 3.67. The van der Waals surface area contributed by atoms with Crippen LogP contribution in [-0.4, -0.2) is 51.7 Å². The number of hydrogen-bond donors (Lipinski definition) is 1. The molecule has 2 fully saturated rings. The number of anilines is 1. The van der Waals surface area contributed by atoms with Crippen molar-refractivity contribution in [2.45, 2.75) is 23.1 Å². The summed E-state index contributed by atoms with van der Waals surface area (Å²) < 4.78 is -1.31. The van der Waals surface area contributed by atoms with Gasteiger partial charge in [-0.3, -0.25) is 24.2 Å². The van der Waals surface area contributed by atoms with Crippen LogP contribution in [0.15, 0.2) is 48.5 Å². The average Bonchev–Trinajstić information content (AvgIpc) is 3.27. The fourth-order valence-electron chi connectivity index (χ4n) is 5.34. The van der Waals surface area contributed by atoms with Gasteiger partial charge in [0.2, 0.25) is 5.91 Å². The summed E-state index contributed by atoms with van der Waals surface area (Å²) in [5.74, 6) is -0.944. The number of thioether (sulfide) groups is 1. The van der Waals surface area contributed by atoms with E-state index in [0.29, 0.717) is 17.3 Å². The minimum absolute atomic E-state index is 0.267. The highest BCUT2D eigenvalue weighted by Gasteiger charge is 2.78. The van der Waals surface area contributed by atoms with Crippen LogP contribution >= 0.6 is 23.4 Å². The molecule has 3 aliphatic rings. The molecule has 2 saturated heterocycles. The molecule has 3 amide bonds. The van der Waals surface area contributed by atoms with E-state index in [1.807, 2.05) is 48.3 Å². The number of carbonyl (C=O) groups is 3. The molecule has 0 saturated carbocycles. The second-order valence-electron chi connectivity index (χ2n) is 7.85. The molecule has 154 valence electrons. The van der Waals surface area contributed by atoms with E-state index < -0.39 is 10.3 Å². The van der Waals surface area contributed by atoms with Crippen LogP contribution in [0.1, 0.15) is 24.0 Å². The quantitative estimate of drug-likeness (QED) is 0.770. The zero-order valence-electron chi connectivity index (χ0n) is 16.5. The van der Waals surface area contributed by atoms with Gasteiger partial charge in [0.1, 0.15) is 4.75 Å². The molecule has 6 nitrogen and oxygen atoms in total. The van der Waals surface area contributed by atoms with Gasteiger partial charge in [0.05, 0.1) is 0 Å². The van der Waals surface area contributed by atoms with Crippen LogP contribution in [0.2, 0.25) is 5.02 Å². The summed E-state index contributed by atoms with van der Waals surface area (Å²) in [6.07, 6.45) is 0. The minimum Gasteiger partial charge on any atom is -0.324 e. The smallest absolute Gasteiger partial charge is 0.289 e. The highest BCUT2D eigenvalue weighted by Crippen LogP contribution is 2.65. The van der Waals surface area contributed by atoms with Crippen molar-refractivity contribution in [1.82, 2.24) is 9.80 Å². The van der Waals surface area contributed by atoms with Crippen molar-refractivity contribution >= 4 is 46.1 Å². The molecule has 0 radical (unpaired) electrons. The standard InChI is InChI=1S/C22H20ClN3O3S/c1-3-26-19(28)22(30-20(26)29)16(13-8-10-14(23)11-9-13)12-25(2)21(22)15-6-4-5-7-17(15)24-18(21)27/h4-11,16H,3,12H2,1-2H3,(H,24,27)/t16-,21+,22-/m1/s1. The van der Waals surface area contributed by atoms with E-state index in [9.17, 15) is 14.4 Å². The minimum atomic E-state index is -1.31. The van der Waals surface area contributed by atoms with Gasteiger partial charge in [-0.1, -0.05) is 41.9 Å². The summed E-state index contributed by atoms with van der Waals surface area (Å²) in [5.41, 5.74) is 1.02. The third kappa shape index (κ3) is 2.18. The topological polar surface area (TPSA) is 69.7 Å². The molecule has 30 heavy (non-hydrogen) atoms. The Balaban J connectivity index is 1.82. The van der Waals surface area contributed by atoms with Crippen LogP contribution in [0, 0.1) is 0 Å². The summed E-state index contributed by atoms with van der Waals surface area (Å²) in [4.78, 5) is 43.7. The summed E-state index contributed by atoms with van der Waals surface area (Å²) in [6.45, 7) is 2.50. The lowest BCUT2D eigenvalue weighted by Gasteiger charge is -2.41. The van der Waals surface area contributed by atoms with E-state index in [0.717, 1.165) is 22.9 Å². The van der Waals surface area contributed by atoms with Crippen molar-refractivity contribution in [2.24, 2.45) is 0 Å². The first-order valence-electron chi connectivity index (χ1n) is 9.80. The third-order valence-corrected chi connectivity index (χ3v) is 8.29. The van der Waals surface area contributed by atoms with Crippen LogP contribution in [0.25, 0.3) is 0 Å². The monoisotopic (exact) mass is 441 g/mol. The number of para-hydroxylation sites is 1. The molecule has 5 rings (SSSR count). The van der Waals surface area contributed by atoms with Crippen molar-refractivity contribution < 1.29 is 14.4 Å². The van der Waals surface area contributed by atoms with Crippen molar-refractivity contribution in [3.05, 3.63) is 64.7 Å².